The maximum absolute atomic E-state index is 14.1. The maximum atomic E-state index is 14.1. The number of anilines is 1. The summed E-state index contributed by atoms with van der Waals surface area (Å²) in [7, 11) is 0. The molecule has 1 N–H and O–H groups in total. The Balaban J connectivity index is 1.44. The summed E-state index contributed by atoms with van der Waals surface area (Å²) in [6, 6.07) is 16.7. The van der Waals surface area contributed by atoms with Crippen molar-refractivity contribution in [2.24, 2.45) is 0 Å². The highest BCUT2D eigenvalue weighted by Crippen LogP contribution is 2.44. The van der Waals surface area contributed by atoms with E-state index in [-0.39, 0.29) is 28.0 Å². The molecule has 1 aliphatic heterocycles. The molecule has 3 aromatic heterocycles. The van der Waals surface area contributed by atoms with E-state index in [1.807, 2.05) is 60.8 Å². The predicted molar refractivity (Wildman–Crippen MR) is 156 cm³/mol. The third kappa shape index (κ3) is 4.70. The number of aryl methyl sites for hydroxylation is 3. The SMILES string of the molecule is Cc1ccc(C2/C(=C(\O)c3nc4c(C)cccn4c3C)C(=O)C(=O)N2c2nnc(SCc3ccccc3F)s2)cc1. The fourth-order valence-electron chi connectivity index (χ4n) is 4.88. The van der Waals surface area contributed by atoms with Gasteiger partial charge in [0.1, 0.15) is 17.2 Å². The molecule has 1 amide bonds. The van der Waals surface area contributed by atoms with Crippen LogP contribution in [0.3, 0.4) is 0 Å². The summed E-state index contributed by atoms with van der Waals surface area (Å²) in [6.45, 7) is 5.65. The number of carbonyl (C=O) groups excluding carboxylic acids is 2. The second-order valence-corrected chi connectivity index (χ2v) is 11.9. The Bertz CT molecular complexity index is 1860. The quantitative estimate of drug-likeness (QED) is 0.0836. The molecule has 2 aromatic carbocycles. The number of rotatable bonds is 6. The molecule has 1 atom stereocenters. The zero-order valence-electron chi connectivity index (χ0n) is 22.3. The van der Waals surface area contributed by atoms with E-state index in [4.69, 9.17) is 0 Å². The molecule has 0 saturated carbocycles. The van der Waals surface area contributed by atoms with Crippen LogP contribution in [0, 0.1) is 26.6 Å². The number of amides is 1. The number of pyridine rings is 1. The number of thioether (sulfide) groups is 1. The van der Waals surface area contributed by atoms with Crippen molar-refractivity contribution in [2.45, 2.75) is 36.9 Å². The Morgan fingerprint density at radius 1 is 1.02 bits per heavy atom. The van der Waals surface area contributed by atoms with Crippen LogP contribution < -0.4 is 4.90 Å². The van der Waals surface area contributed by atoms with Gasteiger partial charge in [-0.3, -0.25) is 14.5 Å². The van der Waals surface area contributed by atoms with E-state index in [1.54, 1.807) is 25.1 Å². The van der Waals surface area contributed by atoms with Crippen LogP contribution in [-0.4, -0.2) is 36.4 Å². The fourth-order valence-corrected chi connectivity index (χ4v) is 6.74. The summed E-state index contributed by atoms with van der Waals surface area (Å²) >= 11 is 2.41. The number of benzene rings is 2. The van der Waals surface area contributed by atoms with Gasteiger partial charge < -0.3 is 9.51 Å². The van der Waals surface area contributed by atoms with Crippen LogP contribution in [0.5, 0.6) is 0 Å². The van der Waals surface area contributed by atoms with Crippen molar-refractivity contribution >= 4 is 51.3 Å². The van der Waals surface area contributed by atoms with Crippen LogP contribution in [0.2, 0.25) is 0 Å². The largest absolute Gasteiger partial charge is 0.505 e. The van der Waals surface area contributed by atoms with Crippen molar-refractivity contribution < 1.29 is 19.1 Å². The minimum atomic E-state index is -0.946. The van der Waals surface area contributed by atoms with Gasteiger partial charge in [-0.25, -0.2) is 9.37 Å². The van der Waals surface area contributed by atoms with Gasteiger partial charge in [-0.15, -0.1) is 10.2 Å². The van der Waals surface area contributed by atoms with Crippen molar-refractivity contribution in [2.75, 3.05) is 4.90 Å². The highest BCUT2D eigenvalue weighted by molar-refractivity contribution is 8.00. The van der Waals surface area contributed by atoms with E-state index >= 15 is 0 Å². The van der Waals surface area contributed by atoms with E-state index in [0.29, 0.717) is 32.6 Å². The first kappa shape index (κ1) is 26.9. The lowest BCUT2D eigenvalue weighted by atomic mass is 9.96. The lowest BCUT2D eigenvalue weighted by Gasteiger charge is -2.22. The smallest absolute Gasteiger partial charge is 0.301 e. The molecule has 6 rings (SSSR count). The van der Waals surface area contributed by atoms with E-state index in [9.17, 15) is 19.1 Å². The Morgan fingerprint density at radius 2 is 1.78 bits per heavy atom. The van der Waals surface area contributed by atoms with Crippen molar-refractivity contribution in [3.05, 3.63) is 112 Å². The fraction of sp³-hybridized carbons (Fsp3) is 0.167. The molecule has 41 heavy (non-hydrogen) atoms. The van der Waals surface area contributed by atoms with Crippen LogP contribution >= 0.6 is 23.1 Å². The Labute approximate surface area is 243 Å². The maximum Gasteiger partial charge on any atom is 0.301 e. The number of aliphatic hydroxyl groups excluding tert-OH is 1. The number of hydrogen-bond donors (Lipinski definition) is 1. The lowest BCUT2D eigenvalue weighted by Crippen LogP contribution is -2.29. The first-order valence-corrected chi connectivity index (χ1v) is 14.6. The zero-order chi connectivity index (χ0) is 28.8. The molecule has 0 radical (unpaired) electrons. The van der Waals surface area contributed by atoms with Gasteiger partial charge in [0.2, 0.25) is 5.13 Å². The molecule has 1 fully saturated rings. The summed E-state index contributed by atoms with van der Waals surface area (Å²) in [5.41, 5.74) is 4.49. The average molecular weight is 586 g/mol. The van der Waals surface area contributed by atoms with Gasteiger partial charge in [0.05, 0.1) is 17.3 Å². The van der Waals surface area contributed by atoms with Crippen LogP contribution in [0.4, 0.5) is 9.52 Å². The second kappa shape index (κ2) is 10.6. The highest BCUT2D eigenvalue weighted by Gasteiger charge is 2.48. The predicted octanol–water partition coefficient (Wildman–Crippen LogP) is 6.17. The minimum Gasteiger partial charge on any atom is -0.505 e. The molecule has 8 nitrogen and oxygen atoms in total. The molecule has 0 spiro atoms. The second-order valence-electron chi connectivity index (χ2n) is 9.74. The normalized spacial score (nSPS) is 16.7. The number of Topliss-reactive ketones (excluding diaryl/α,β-unsaturated/α-hetero) is 1. The van der Waals surface area contributed by atoms with Gasteiger partial charge in [0.25, 0.3) is 5.78 Å². The monoisotopic (exact) mass is 585 g/mol. The molecule has 1 unspecified atom stereocenters. The van der Waals surface area contributed by atoms with Crippen molar-refractivity contribution in [1.82, 2.24) is 19.6 Å². The van der Waals surface area contributed by atoms with Crippen LogP contribution in [0.1, 0.15) is 39.7 Å². The van der Waals surface area contributed by atoms with Crippen molar-refractivity contribution in [1.29, 1.82) is 0 Å². The van der Waals surface area contributed by atoms with E-state index in [2.05, 4.69) is 15.2 Å². The van der Waals surface area contributed by atoms with Gasteiger partial charge in [0, 0.05) is 11.9 Å². The summed E-state index contributed by atoms with van der Waals surface area (Å²) in [5, 5.41) is 20.2. The zero-order valence-corrected chi connectivity index (χ0v) is 24.0. The van der Waals surface area contributed by atoms with Crippen LogP contribution in [-0.2, 0) is 15.3 Å². The number of halogens is 1. The van der Waals surface area contributed by atoms with E-state index in [1.165, 1.54) is 22.7 Å². The molecular weight excluding hydrogens is 561 g/mol. The van der Waals surface area contributed by atoms with Gasteiger partial charge in [-0.05, 0) is 49.6 Å². The van der Waals surface area contributed by atoms with Gasteiger partial charge in [-0.1, -0.05) is 77.2 Å². The molecule has 4 heterocycles. The highest BCUT2D eigenvalue weighted by atomic mass is 32.2. The average Bonchev–Trinajstić information content (AvgIpc) is 3.64. The van der Waals surface area contributed by atoms with Gasteiger partial charge in [0.15, 0.2) is 10.1 Å². The minimum absolute atomic E-state index is 0.0706. The van der Waals surface area contributed by atoms with E-state index in [0.717, 1.165) is 22.5 Å². The lowest BCUT2D eigenvalue weighted by molar-refractivity contribution is -0.132. The Morgan fingerprint density at radius 3 is 2.51 bits per heavy atom. The number of carbonyl (C=O) groups is 2. The number of aliphatic hydroxyl groups is 1. The number of ketones is 1. The molecule has 0 aliphatic carbocycles. The first-order valence-electron chi connectivity index (χ1n) is 12.8. The molecule has 206 valence electrons. The standard InChI is InChI=1S/C30H24FN5O3S2/c1-16-10-12-19(13-11-16)24-22(25(37)23-18(3)35-14-6-7-17(2)27(35)32-23)26(38)28(39)36(24)29-33-34-30(41-29)40-15-20-8-4-5-9-21(20)31/h4-14,24,37H,15H2,1-3H3/b25-22+. The summed E-state index contributed by atoms with van der Waals surface area (Å²) in [5.74, 6) is -2.00. The van der Waals surface area contributed by atoms with Crippen LogP contribution in [0.25, 0.3) is 11.4 Å². The van der Waals surface area contributed by atoms with E-state index < -0.39 is 17.7 Å². The molecular formula is C30H24FN5O3S2. The molecule has 1 saturated heterocycles. The number of nitrogens with zero attached hydrogens (tertiary/aromatic N) is 5. The topological polar surface area (TPSA) is 101 Å². The number of aromatic nitrogens is 4. The Kier molecular flexibility index (Phi) is 6.92. The number of fused-ring (bicyclic) bond motifs is 1. The molecule has 11 heteroatoms. The number of imidazole rings is 1. The summed E-state index contributed by atoms with van der Waals surface area (Å²) in [4.78, 5) is 33.0. The van der Waals surface area contributed by atoms with Gasteiger partial charge >= 0.3 is 5.91 Å². The summed E-state index contributed by atoms with van der Waals surface area (Å²) in [6.07, 6.45) is 1.83. The molecule has 1 aliphatic rings. The van der Waals surface area contributed by atoms with Crippen LogP contribution in [0.15, 0.2) is 76.8 Å². The third-order valence-corrected chi connectivity index (χ3v) is 9.16. The van der Waals surface area contributed by atoms with Gasteiger partial charge in [-0.2, -0.15) is 0 Å². The molecule has 0 bridgehead atoms. The van der Waals surface area contributed by atoms with Crippen molar-refractivity contribution in [3.8, 4) is 0 Å². The summed E-state index contributed by atoms with van der Waals surface area (Å²) < 4.78 is 16.5. The van der Waals surface area contributed by atoms with Crippen molar-refractivity contribution in [3.63, 3.8) is 0 Å². The molecule has 5 aromatic rings. The third-order valence-electron chi connectivity index (χ3n) is 7.06. The number of hydrogen-bond acceptors (Lipinski definition) is 8. The Hall–Kier alpha value is -4.35. The first-order chi connectivity index (χ1) is 19.7.